The molecule has 2 unspecified atom stereocenters. The van der Waals surface area contributed by atoms with Crippen molar-refractivity contribution in [3.05, 3.63) is 47.3 Å². The van der Waals surface area contributed by atoms with E-state index in [1.54, 1.807) is 16.3 Å². The van der Waals surface area contributed by atoms with Crippen LogP contribution in [0.5, 0.6) is 0 Å². The monoisotopic (exact) mass is 528 g/mol. The van der Waals surface area contributed by atoms with Crippen LogP contribution in [0, 0.1) is 0 Å². The summed E-state index contributed by atoms with van der Waals surface area (Å²) in [6.07, 6.45) is -4.88. The zero-order valence-corrected chi connectivity index (χ0v) is 20.1. The van der Waals surface area contributed by atoms with Crippen molar-refractivity contribution in [3.8, 4) is 0 Å². The van der Waals surface area contributed by atoms with Crippen molar-refractivity contribution in [3.63, 3.8) is 0 Å². The molecule has 33 heavy (non-hydrogen) atoms. The number of hydrogen-bond acceptors (Lipinski definition) is 8. The fourth-order valence-electron chi connectivity index (χ4n) is 3.51. The molecule has 1 aromatic heterocycles. The maximum atomic E-state index is 13.1. The van der Waals surface area contributed by atoms with Crippen molar-refractivity contribution in [2.24, 2.45) is 0 Å². The van der Waals surface area contributed by atoms with Gasteiger partial charge < -0.3 is 10.0 Å². The minimum Gasteiger partial charge on any atom is -0.376 e. The van der Waals surface area contributed by atoms with E-state index in [1.807, 2.05) is 0 Å². The van der Waals surface area contributed by atoms with E-state index in [2.05, 4.69) is 4.18 Å². The Labute approximate surface area is 194 Å². The number of hydrogen-bond donors (Lipinski definition) is 1. The molecule has 2 aromatic rings. The highest BCUT2D eigenvalue weighted by Crippen LogP contribution is 2.39. The summed E-state index contributed by atoms with van der Waals surface area (Å²) in [5.74, 6) is -0.526. The van der Waals surface area contributed by atoms with Gasteiger partial charge in [-0.25, -0.2) is 8.42 Å². The number of anilines is 1. The number of sulfonamides is 1. The quantitative estimate of drug-likeness (QED) is 0.551. The van der Waals surface area contributed by atoms with Gasteiger partial charge in [0.15, 0.2) is 5.60 Å². The second-order valence-electron chi connectivity index (χ2n) is 7.65. The zero-order chi connectivity index (χ0) is 24.7. The van der Waals surface area contributed by atoms with Crippen LogP contribution in [0.25, 0.3) is 0 Å². The Balaban J connectivity index is 1.91. The number of alkyl halides is 3. The van der Waals surface area contributed by atoms with Crippen LogP contribution in [0.15, 0.2) is 46.0 Å². The van der Waals surface area contributed by atoms with Crippen LogP contribution in [0.3, 0.4) is 0 Å². The summed E-state index contributed by atoms with van der Waals surface area (Å²) >= 11 is 1.04. The summed E-state index contributed by atoms with van der Waals surface area (Å²) < 4.78 is 95.4. The fourth-order valence-corrected chi connectivity index (χ4v) is 7.02. The molecule has 8 nitrogen and oxygen atoms in total. The molecule has 2 atom stereocenters. The summed E-state index contributed by atoms with van der Waals surface area (Å²) in [7, 11) is -6.82. The van der Waals surface area contributed by atoms with Crippen LogP contribution in [0.4, 0.5) is 18.9 Å². The Kier molecular flexibility index (Phi) is 7.18. The van der Waals surface area contributed by atoms with Crippen molar-refractivity contribution in [2.75, 3.05) is 37.4 Å². The smallest absolute Gasteiger partial charge is 0.376 e. The van der Waals surface area contributed by atoms with Gasteiger partial charge >= 0.3 is 6.18 Å². The molecule has 2 heterocycles. The minimum absolute atomic E-state index is 0.0474. The van der Waals surface area contributed by atoms with Gasteiger partial charge in [0.25, 0.3) is 20.1 Å². The SMILES string of the molecule is COS(=O)(=O)CC1CN(S(=O)(=O)c2cccs2)CCN1c1ccc(C(C)(O)C(F)(F)F)cc1. The number of aliphatic hydroxyl groups is 1. The third-order valence-corrected chi connectivity index (χ3v) is 10.0. The van der Waals surface area contributed by atoms with Gasteiger partial charge in [0, 0.05) is 25.3 Å². The largest absolute Gasteiger partial charge is 0.421 e. The summed E-state index contributed by atoms with van der Waals surface area (Å²) in [6.45, 7) is 0.629. The van der Waals surface area contributed by atoms with Crippen LogP contribution in [0.1, 0.15) is 12.5 Å². The molecule has 1 aliphatic rings. The van der Waals surface area contributed by atoms with Gasteiger partial charge in [-0.05, 0) is 36.1 Å². The Hall–Kier alpha value is -1.71. The van der Waals surface area contributed by atoms with E-state index >= 15 is 0 Å². The highest BCUT2D eigenvalue weighted by atomic mass is 32.2. The second kappa shape index (κ2) is 9.15. The molecule has 1 saturated heterocycles. The van der Waals surface area contributed by atoms with Crippen LogP contribution < -0.4 is 4.90 Å². The van der Waals surface area contributed by atoms with E-state index in [9.17, 15) is 35.1 Å². The van der Waals surface area contributed by atoms with E-state index in [0.29, 0.717) is 12.6 Å². The zero-order valence-electron chi connectivity index (χ0n) is 17.7. The predicted molar refractivity (Wildman–Crippen MR) is 117 cm³/mol. The Morgan fingerprint density at radius 3 is 2.27 bits per heavy atom. The Morgan fingerprint density at radius 1 is 1.12 bits per heavy atom. The average molecular weight is 529 g/mol. The van der Waals surface area contributed by atoms with E-state index in [0.717, 1.165) is 30.6 Å². The van der Waals surface area contributed by atoms with Crippen molar-refractivity contribution >= 4 is 37.2 Å². The predicted octanol–water partition coefficient (Wildman–Crippen LogP) is 2.37. The van der Waals surface area contributed by atoms with Crippen LogP contribution in [-0.2, 0) is 29.9 Å². The summed E-state index contributed by atoms with van der Waals surface area (Å²) in [5, 5.41) is 11.5. The average Bonchev–Trinajstić information content (AvgIpc) is 3.28. The first kappa shape index (κ1) is 25.9. The molecular weight excluding hydrogens is 505 g/mol. The summed E-state index contributed by atoms with van der Waals surface area (Å²) in [5.41, 5.74) is -3.04. The van der Waals surface area contributed by atoms with Crippen LogP contribution in [-0.4, -0.2) is 71.0 Å². The van der Waals surface area contributed by atoms with Crippen molar-refractivity contribution in [2.45, 2.75) is 29.0 Å². The van der Waals surface area contributed by atoms with Crippen molar-refractivity contribution in [1.82, 2.24) is 4.31 Å². The van der Waals surface area contributed by atoms with Crippen LogP contribution >= 0.6 is 11.3 Å². The molecular formula is C19H23F3N2O6S3. The number of nitrogens with zero attached hydrogens (tertiary/aromatic N) is 2. The normalized spacial score (nSPS) is 20.5. The van der Waals surface area contributed by atoms with Gasteiger partial charge in [-0.2, -0.15) is 25.9 Å². The first-order valence-corrected chi connectivity index (χ1v) is 13.6. The molecule has 1 aromatic carbocycles. The molecule has 184 valence electrons. The fraction of sp³-hybridized carbons (Fsp3) is 0.474. The minimum atomic E-state index is -4.88. The van der Waals surface area contributed by atoms with Gasteiger partial charge in [0.2, 0.25) is 0 Å². The summed E-state index contributed by atoms with van der Waals surface area (Å²) in [6, 6.07) is 7.10. The molecule has 1 aliphatic heterocycles. The first-order valence-electron chi connectivity index (χ1n) is 9.67. The Morgan fingerprint density at radius 2 is 1.76 bits per heavy atom. The van der Waals surface area contributed by atoms with Crippen molar-refractivity contribution < 1.29 is 39.3 Å². The number of rotatable bonds is 7. The molecule has 3 rings (SSSR count). The Bertz CT molecular complexity index is 1160. The lowest BCUT2D eigenvalue weighted by molar-refractivity contribution is -0.258. The van der Waals surface area contributed by atoms with Gasteiger partial charge in [-0.3, -0.25) is 4.18 Å². The van der Waals surface area contributed by atoms with Gasteiger partial charge in [0.1, 0.15) is 4.21 Å². The summed E-state index contributed by atoms with van der Waals surface area (Å²) in [4.78, 5) is 1.61. The lowest BCUT2D eigenvalue weighted by atomic mass is 9.95. The lowest BCUT2D eigenvalue weighted by Crippen LogP contribution is -2.57. The highest BCUT2D eigenvalue weighted by Gasteiger charge is 2.51. The maximum Gasteiger partial charge on any atom is 0.421 e. The molecule has 14 heteroatoms. The molecule has 0 saturated carbocycles. The maximum absolute atomic E-state index is 13.1. The highest BCUT2D eigenvalue weighted by molar-refractivity contribution is 7.91. The van der Waals surface area contributed by atoms with Crippen LogP contribution in [0.2, 0.25) is 0 Å². The third-order valence-electron chi connectivity index (χ3n) is 5.50. The first-order chi connectivity index (χ1) is 15.2. The van der Waals surface area contributed by atoms with E-state index in [-0.39, 0.29) is 29.4 Å². The third kappa shape index (κ3) is 5.35. The number of piperazine rings is 1. The molecule has 0 spiro atoms. The lowest BCUT2D eigenvalue weighted by Gasteiger charge is -2.41. The molecule has 1 N–H and O–H groups in total. The van der Waals surface area contributed by atoms with E-state index in [4.69, 9.17) is 0 Å². The van der Waals surface area contributed by atoms with Gasteiger partial charge in [-0.1, -0.05) is 18.2 Å². The molecule has 0 bridgehead atoms. The number of benzene rings is 1. The molecule has 0 aliphatic carbocycles. The topological polar surface area (TPSA) is 104 Å². The van der Waals surface area contributed by atoms with Crippen molar-refractivity contribution in [1.29, 1.82) is 0 Å². The molecule has 1 fully saturated rings. The molecule has 0 amide bonds. The number of thiophene rings is 1. The van der Waals surface area contributed by atoms with E-state index in [1.165, 1.54) is 22.5 Å². The molecule has 0 radical (unpaired) electrons. The second-order valence-corrected chi connectivity index (χ2v) is 12.5. The number of halogens is 3. The van der Waals surface area contributed by atoms with E-state index < -0.39 is 43.7 Å². The van der Waals surface area contributed by atoms with Gasteiger partial charge in [-0.15, -0.1) is 11.3 Å². The standard InChI is InChI=1S/C19H23F3N2O6S3/c1-18(25,19(20,21)22)14-5-7-15(8-6-14)24-10-9-23(12-16(24)13-32(26,27)30-2)33(28,29)17-4-3-11-31-17/h3-8,11,16,25H,9-10,12-13H2,1-2H3. The van der Waals surface area contributed by atoms with Gasteiger partial charge in [0.05, 0.1) is 18.9 Å².